The molecule has 0 aliphatic carbocycles. The maximum absolute atomic E-state index is 16.2. The number of hydrogen-bond donors (Lipinski definition) is 2. The van der Waals surface area contributed by atoms with E-state index in [0.717, 1.165) is 38.8 Å². The Morgan fingerprint density at radius 3 is 1.31 bits per heavy atom. The zero-order valence-corrected chi connectivity index (χ0v) is 37.2. The van der Waals surface area contributed by atoms with Gasteiger partial charge in [-0.25, -0.2) is 8.78 Å². The van der Waals surface area contributed by atoms with Gasteiger partial charge in [0.15, 0.2) is 11.6 Å². The van der Waals surface area contributed by atoms with Crippen molar-refractivity contribution < 1.29 is 33.4 Å². The molecule has 0 amide bonds. The predicted molar refractivity (Wildman–Crippen MR) is 240 cm³/mol. The van der Waals surface area contributed by atoms with Crippen molar-refractivity contribution in [1.29, 1.82) is 0 Å². The molecule has 62 heavy (non-hydrogen) atoms. The third kappa shape index (κ3) is 11.0. The van der Waals surface area contributed by atoms with Gasteiger partial charge in [0, 0.05) is 72.8 Å². The predicted octanol–water partition coefficient (Wildman–Crippen LogP) is 7.97. The van der Waals surface area contributed by atoms with Crippen LogP contribution in [0.2, 0.25) is 0 Å². The summed E-state index contributed by atoms with van der Waals surface area (Å²) in [4.78, 5) is 54.7. The average molecular weight is 851 g/mol. The molecule has 2 aliphatic rings. The Labute approximate surface area is 366 Å². The van der Waals surface area contributed by atoms with Crippen LogP contribution in [0.15, 0.2) is 84.9 Å². The van der Waals surface area contributed by atoms with Crippen molar-refractivity contribution in [2.24, 2.45) is 23.7 Å². The second kappa shape index (κ2) is 21.0. The molecule has 332 valence electrons. The largest absolute Gasteiger partial charge is 0.508 e. The molecule has 4 aromatic rings. The molecule has 0 bridgehead atoms. The number of Topliss-reactive ketones (excluding diaryl/α,β-unsaturated/α-hetero) is 3. The van der Waals surface area contributed by atoms with Crippen molar-refractivity contribution in [3.05, 3.63) is 130 Å². The van der Waals surface area contributed by atoms with Crippen LogP contribution in [0.5, 0.6) is 11.5 Å². The minimum absolute atomic E-state index is 0.0538. The Bertz CT molecular complexity index is 2040. The first kappa shape index (κ1) is 46.7. The molecule has 0 saturated carbocycles. The summed E-state index contributed by atoms with van der Waals surface area (Å²) in [6.45, 7) is 7.67. The summed E-state index contributed by atoms with van der Waals surface area (Å²) in [5.74, 6) is -6.27. The SMILES string of the molecule is Cc1c(F)cccc1C1C(C(=O)c2cccc(O)c2)CN(CCCCN(C)C)CC1C(=O)C1CN(CCCCN(C)C)CC(C(=O)c2cccc(O)c2)C1c1cccc(F)c1C. The summed E-state index contributed by atoms with van der Waals surface area (Å²) >= 11 is 0. The van der Waals surface area contributed by atoms with E-state index in [2.05, 4.69) is 19.6 Å². The molecule has 9 nitrogen and oxygen atoms in total. The van der Waals surface area contributed by atoms with Crippen molar-refractivity contribution in [1.82, 2.24) is 19.6 Å². The van der Waals surface area contributed by atoms with E-state index in [1.807, 2.05) is 40.3 Å². The van der Waals surface area contributed by atoms with Crippen LogP contribution >= 0.6 is 0 Å². The van der Waals surface area contributed by atoms with E-state index in [-0.39, 0.29) is 28.8 Å². The summed E-state index contributed by atoms with van der Waals surface area (Å²) < 4.78 is 31.4. The van der Waals surface area contributed by atoms with Crippen LogP contribution in [0.25, 0.3) is 0 Å². The van der Waals surface area contributed by atoms with Gasteiger partial charge in [0.1, 0.15) is 28.9 Å². The number of likely N-dealkylation sites (tertiary alicyclic amines) is 2. The number of phenolic OH excluding ortho intramolecular Hbond substituents is 2. The highest BCUT2D eigenvalue weighted by molar-refractivity contribution is 6.01. The van der Waals surface area contributed by atoms with Crippen LogP contribution < -0.4 is 0 Å². The fourth-order valence-corrected chi connectivity index (χ4v) is 10.1. The molecule has 2 heterocycles. The number of ketones is 3. The maximum Gasteiger partial charge on any atom is 0.167 e. The van der Waals surface area contributed by atoms with E-state index in [1.165, 1.54) is 36.4 Å². The number of carbonyl (C=O) groups excluding carboxylic acids is 3. The van der Waals surface area contributed by atoms with Crippen LogP contribution in [0.3, 0.4) is 0 Å². The monoisotopic (exact) mass is 850 g/mol. The molecule has 0 radical (unpaired) electrons. The van der Waals surface area contributed by atoms with E-state index in [9.17, 15) is 19.8 Å². The van der Waals surface area contributed by atoms with Crippen molar-refractivity contribution in [3.8, 4) is 11.5 Å². The summed E-state index contributed by atoms with van der Waals surface area (Å²) in [6.07, 6.45) is 3.47. The molecule has 2 fully saturated rings. The fourth-order valence-electron chi connectivity index (χ4n) is 10.1. The first-order chi connectivity index (χ1) is 29.6. The highest BCUT2D eigenvalue weighted by Crippen LogP contribution is 2.48. The number of rotatable bonds is 18. The number of unbranched alkanes of at least 4 members (excludes halogenated alkanes) is 2. The quantitative estimate of drug-likeness (QED) is 0.0763. The minimum Gasteiger partial charge on any atom is -0.508 e. The van der Waals surface area contributed by atoms with Gasteiger partial charge in [0.25, 0.3) is 0 Å². The van der Waals surface area contributed by atoms with Gasteiger partial charge in [-0.3, -0.25) is 14.4 Å². The molecule has 6 rings (SSSR count). The van der Waals surface area contributed by atoms with Crippen molar-refractivity contribution in [3.63, 3.8) is 0 Å². The van der Waals surface area contributed by atoms with E-state index < -0.39 is 47.1 Å². The molecule has 6 atom stereocenters. The molecule has 6 unspecified atom stereocenters. The molecule has 4 aromatic carbocycles. The second-order valence-corrected chi connectivity index (χ2v) is 18.2. The molecular formula is C51H64F2N4O5. The highest BCUT2D eigenvalue weighted by atomic mass is 19.1. The normalized spacial score (nSPS) is 22.3. The average Bonchev–Trinajstić information content (AvgIpc) is 3.24. The number of aromatic hydroxyl groups is 2. The smallest absolute Gasteiger partial charge is 0.167 e. The number of halogens is 2. The van der Waals surface area contributed by atoms with E-state index in [4.69, 9.17) is 0 Å². The summed E-state index contributed by atoms with van der Waals surface area (Å²) in [7, 11) is 8.10. The lowest BCUT2D eigenvalue weighted by Crippen LogP contribution is -2.56. The lowest BCUT2D eigenvalue weighted by Gasteiger charge is -2.48. The molecule has 2 aliphatic heterocycles. The van der Waals surface area contributed by atoms with Gasteiger partial charge in [0.2, 0.25) is 0 Å². The van der Waals surface area contributed by atoms with E-state index >= 15 is 13.6 Å². The standard InChI is InChI=1S/C51H64F2N4O5/c1-33-39(19-13-21-45(33)52)47-41(49(60)35-15-11-17-37(58)27-35)29-56(25-9-7-23-54(3)4)31-43(47)51(62)44-32-57(26-10-8-24-55(5)6)30-42(50(61)36-16-12-18-38(59)28-36)48(44)40-20-14-22-46(53)34(40)2/h11-22,27-28,41-44,47-48,58-59H,7-10,23-26,29-32H2,1-6H3. The first-order valence-corrected chi connectivity index (χ1v) is 22.1. The second-order valence-electron chi connectivity index (χ2n) is 18.2. The van der Waals surface area contributed by atoms with Crippen LogP contribution in [-0.4, -0.2) is 128 Å². The summed E-state index contributed by atoms with van der Waals surface area (Å²) in [5, 5.41) is 21.0. The Hall–Kier alpha value is -4.81. The molecule has 11 heteroatoms. The number of piperidine rings is 2. The van der Waals surface area contributed by atoms with Gasteiger partial charge in [-0.15, -0.1) is 0 Å². The molecule has 2 saturated heterocycles. The van der Waals surface area contributed by atoms with E-state index in [0.29, 0.717) is 72.6 Å². The topological polar surface area (TPSA) is 105 Å². The van der Waals surface area contributed by atoms with Gasteiger partial charge < -0.3 is 29.8 Å². The van der Waals surface area contributed by atoms with Gasteiger partial charge >= 0.3 is 0 Å². The summed E-state index contributed by atoms with van der Waals surface area (Å²) in [5.41, 5.74) is 2.50. The van der Waals surface area contributed by atoms with Crippen LogP contribution in [0, 0.1) is 49.2 Å². The lowest BCUT2D eigenvalue weighted by atomic mass is 9.62. The molecule has 2 N–H and O–H groups in total. The highest BCUT2D eigenvalue weighted by Gasteiger charge is 2.51. The van der Waals surface area contributed by atoms with Gasteiger partial charge in [-0.2, -0.15) is 0 Å². The third-order valence-corrected chi connectivity index (χ3v) is 13.2. The number of carbonyl (C=O) groups is 3. The van der Waals surface area contributed by atoms with Gasteiger partial charge in [-0.05, 0) is 153 Å². The zero-order valence-electron chi connectivity index (χ0n) is 37.2. The van der Waals surface area contributed by atoms with Crippen LogP contribution in [-0.2, 0) is 4.79 Å². The number of hydrogen-bond acceptors (Lipinski definition) is 9. The Balaban J connectivity index is 1.52. The van der Waals surface area contributed by atoms with Crippen molar-refractivity contribution in [2.75, 3.05) is 80.5 Å². The van der Waals surface area contributed by atoms with Gasteiger partial charge in [-0.1, -0.05) is 48.5 Å². The van der Waals surface area contributed by atoms with E-state index in [1.54, 1.807) is 50.2 Å². The van der Waals surface area contributed by atoms with Crippen LogP contribution in [0.4, 0.5) is 8.78 Å². The first-order valence-electron chi connectivity index (χ1n) is 22.1. The Morgan fingerprint density at radius 2 is 0.935 bits per heavy atom. The molecule has 0 spiro atoms. The third-order valence-electron chi connectivity index (χ3n) is 13.2. The number of nitrogens with zero attached hydrogens (tertiary/aromatic N) is 4. The number of phenols is 2. The maximum atomic E-state index is 16.2. The summed E-state index contributed by atoms with van der Waals surface area (Å²) in [6, 6.07) is 22.2. The lowest BCUT2D eigenvalue weighted by molar-refractivity contribution is -0.133. The number of benzene rings is 4. The van der Waals surface area contributed by atoms with Gasteiger partial charge in [0.05, 0.1) is 0 Å². The molecular weight excluding hydrogens is 787 g/mol. The fraction of sp³-hybridized carbons (Fsp3) is 0.471. The van der Waals surface area contributed by atoms with Crippen molar-refractivity contribution in [2.45, 2.75) is 51.4 Å². The Morgan fingerprint density at radius 1 is 0.565 bits per heavy atom. The molecule has 0 aromatic heterocycles. The van der Waals surface area contributed by atoms with Crippen molar-refractivity contribution >= 4 is 17.3 Å². The Kier molecular flexibility index (Phi) is 15.8. The minimum atomic E-state index is -0.809. The van der Waals surface area contributed by atoms with Crippen LogP contribution in [0.1, 0.15) is 80.5 Å². The zero-order chi connectivity index (χ0) is 44.7.